The molecule has 0 bridgehead atoms. The van der Waals surface area contributed by atoms with Gasteiger partial charge in [-0.15, -0.1) is 0 Å². The zero-order chi connectivity index (χ0) is 9.84. The topological polar surface area (TPSA) is 29.1 Å². The first-order valence-corrected chi connectivity index (χ1v) is 4.15. The van der Waals surface area contributed by atoms with Crippen molar-refractivity contribution >= 4 is 0 Å². The Balaban J connectivity index is 2.85. The second-order valence-electron chi connectivity index (χ2n) is 2.96. The SMILES string of the molecule is C=C([O])C(C)c1ccc(OC)cc1. The number of rotatable bonds is 3. The van der Waals surface area contributed by atoms with Gasteiger partial charge in [-0.05, 0) is 17.7 Å². The zero-order valence-corrected chi connectivity index (χ0v) is 7.91. The third kappa shape index (κ3) is 2.25. The normalized spacial score (nSPS) is 12.2. The van der Waals surface area contributed by atoms with Crippen LogP contribution in [-0.4, -0.2) is 7.11 Å². The van der Waals surface area contributed by atoms with Gasteiger partial charge in [0.15, 0.2) is 5.76 Å². The Hall–Kier alpha value is -1.44. The smallest absolute Gasteiger partial charge is 0.155 e. The number of ether oxygens (including phenoxy) is 1. The van der Waals surface area contributed by atoms with Crippen molar-refractivity contribution in [1.29, 1.82) is 0 Å². The van der Waals surface area contributed by atoms with Crippen LogP contribution in [0.3, 0.4) is 0 Å². The Morgan fingerprint density at radius 1 is 1.38 bits per heavy atom. The van der Waals surface area contributed by atoms with Crippen LogP contribution in [0.15, 0.2) is 36.6 Å². The molecular formula is C11H13O2. The van der Waals surface area contributed by atoms with Crippen molar-refractivity contribution in [2.24, 2.45) is 0 Å². The van der Waals surface area contributed by atoms with E-state index in [4.69, 9.17) is 4.74 Å². The van der Waals surface area contributed by atoms with Gasteiger partial charge in [-0.1, -0.05) is 25.6 Å². The monoisotopic (exact) mass is 177 g/mol. The highest BCUT2D eigenvalue weighted by atomic mass is 16.5. The van der Waals surface area contributed by atoms with Gasteiger partial charge >= 0.3 is 0 Å². The number of benzene rings is 1. The van der Waals surface area contributed by atoms with Crippen LogP contribution in [-0.2, 0) is 5.11 Å². The molecule has 0 fully saturated rings. The van der Waals surface area contributed by atoms with Crippen LogP contribution in [0.5, 0.6) is 5.75 Å². The van der Waals surface area contributed by atoms with Crippen molar-refractivity contribution in [1.82, 2.24) is 0 Å². The van der Waals surface area contributed by atoms with Gasteiger partial charge in [0.2, 0.25) is 0 Å². The van der Waals surface area contributed by atoms with Gasteiger partial charge in [0.1, 0.15) is 5.75 Å². The van der Waals surface area contributed by atoms with Crippen molar-refractivity contribution in [3.05, 3.63) is 42.2 Å². The fraction of sp³-hybridized carbons (Fsp3) is 0.273. The van der Waals surface area contributed by atoms with Crippen molar-refractivity contribution in [3.63, 3.8) is 0 Å². The average Bonchev–Trinajstić information content (AvgIpc) is 2.17. The molecule has 1 aromatic carbocycles. The molecule has 1 radical (unpaired) electrons. The Labute approximate surface area is 78.5 Å². The van der Waals surface area contributed by atoms with Crippen LogP contribution in [0.1, 0.15) is 18.4 Å². The van der Waals surface area contributed by atoms with E-state index in [0.29, 0.717) is 0 Å². The molecule has 0 aliphatic heterocycles. The van der Waals surface area contributed by atoms with Gasteiger partial charge in [0.25, 0.3) is 0 Å². The summed E-state index contributed by atoms with van der Waals surface area (Å²) in [6, 6.07) is 7.45. The molecule has 0 aliphatic carbocycles. The summed E-state index contributed by atoms with van der Waals surface area (Å²) in [6.45, 7) is 5.23. The highest BCUT2D eigenvalue weighted by Gasteiger charge is 2.09. The largest absolute Gasteiger partial charge is 0.497 e. The first kappa shape index (κ1) is 9.65. The fourth-order valence-electron chi connectivity index (χ4n) is 1.08. The summed E-state index contributed by atoms with van der Waals surface area (Å²) in [5.41, 5.74) is 0.973. The molecule has 0 heterocycles. The van der Waals surface area contributed by atoms with Crippen LogP contribution in [0.25, 0.3) is 0 Å². The average molecular weight is 177 g/mol. The fourth-order valence-corrected chi connectivity index (χ4v) is 1.08. The van der Waals surface area contributed by atoms with E-state index in [1.165, 1.54) is 0 Å². The molecule has 0 saturated carbocycles. The molecule has 0 N–H and O–H groups in total. The highest BCUT2D eigenvalue weighted by Crippen LogP contribution is 2.23. The van der Waals surface area contributed by atoms with Crippen molar-refractivity contribution in [2.75, 3.05) is 7.11 Å². The van der Waals surface area contributed by atoms with Gasteiger partial charge in [0, 0.05) is 5.92 Å². The molecule has 0 aliphatic rings. The maximum absolute atomic E-state index is 11.0. The Morgan fingerprint density at radius 3 is 2.31 bits per heavy atom. The number of allylic oxidation sites excluding steroid dienone is 1. The number of methoxy groups -OCH3 is 1. The van der Waals surface area contributed by atoms with Crippen LogP contribution in [0, 0.1) is 0 Å². The quantitative estimate of drug-likeness (QED) is 0.652. The lowest BCUT2D eigenvalue weighted by atomic mass is 10.00. The lowest BCUT2D eigenvalue weighted by molar-refractivity contribution is 0.273. The molecule has 0 saturated heterocycles. The third-order valence-corrected chi connectivity index (χ3v) is 2.10. The van der Waals surface area contributed by atoms with E-state index in [0.717, 1.165) is 11.3 Å². The summed E-state index contributed by atoms with van der Waals surface area (Å²) in [5, 5.41) is 11.0. The van der Waals surface area contributed by atoms with Crippen LogP contribution in [0.4, 0.5) is 0 Å². The first-order chi connectivity index (χ1) is 6.15. The predicted molar refractivity (Wildman–Crippen MR) is 51.2 cm³/mol. The van der Waals surface area contributed by atoms with Crippen molar-refractivity contribution in [3.8, 4) is 5.75 Å². The second kappa shape index (κ2) is 3.99. The summed E-state index contributed by atoms with van der Waals surface area (Å²) in [6.07, 6.45) is 0. The standard InChI is InChI=1S/C11H13O2/c1-8(9(2)12)10-4-6-11(13-3)7-5-10/h4-8H,2H2,1,3H3. The molecule has 0 amide bonds. The van der Waals surface area contributed by atoms with E-state index in [9.17, 15) is 5.11 Å². The van der Waals surface area contributed by atoms with E-state index in [-0.39, 0.29) is 11.7 Å². The first-order valence-electron chi connectivity index (χ1n) is 4.15. The molecule has 2 heteroatoms. The lowest BCUT2D eigenvalue weighted by Gasteiger charge is -2.08. The minimum atomic E-state index is -0.133. The number of hydrogen-bond donors (Lipinski definition) is 0. The van der Waals surface area contributed by atoms with Crippen LogP contribution >= 0.6 is 0 Å². The minimum absolute atomic E-state index is 0.0647. The van der Waals surface area contributed by atoms with E-state index in [2.05, 4.69) is 6.58 Å². The van der Waals surface area contributed by atoms with Gasteiger partial charge < -0.3 is 4.74 Å². The molecule has 69 valence electrons. The van der Waals surface area contributed by atoms with Crippen LogP contribution < -0.4 is 4.74 Å². The predicted octanol–water partition coefficient (Wildman–Crippen LogP) is 2.74. The maximum Gasteiger partial charge on any atom is 0.155 e. The van der Waals surface area contributed by atoms with Crippen molar-refractivity contribution < 1.29 is 9.84 Å². The lowest BCUT2D eigenvalue weighted by Crippen LogP contribution is -1.94. The Kier molecular flexibility index (Phi) is 2.96. The molecular weight excluding hydrogens is 164 g/mol. The van der Waals surface area contributed by atoms with E-state index < -0.39 is 0 Å². The van der Waals surface area contributed by atoms with Gasteiger partial charge in [-0.2, -0.15) is 0 Å². The van der Waals surface area contributed by atoms with E-state index in [1.807, 2.05) is 31.2 Å². The molecule has 2 nitrogen and oxygen atoms in total. The number of hydrogen-bond acceptors (Lipinski definition) is 1. The zero-order valence-electron chi connectivity index (χ0n) is 7.91. The summed E-state index contributed by atoms with van der Waals surface area (Å²) >= 11 is 0. The van der Waals surface area contributed by atoms with Gasteiger partial charge in [-0.3, -0.25) is 5.11 Å². The molecule has 1 rings (SSSR count). The molecule has 1 unspecified atom stereocenters. The van der Waals surface area contributed by atoms with E-state index >= 15 is 0 Å². The summed E-state index contributed by atoms with van der Waals surface area (Å²) in [4.78, 5) is 0. The summed E-state index contributed by atoms with van der Waals surface area (Å²) in [7, 11) is 1.62. The second-order valence-corrected chi connectivity index (χ2v) is 2.96. The maximum atomic E-state index is 11.0. The molecule has 1 aromatic rings. The molecule has 0 aromatic heterocycles. The Morgan fingerprint density at radius 2 is 1.92 bits per heavy atom. The minimum Gasteiger partial charge on any atom is -0.497 e. The third-order valence-electron chi connectivity index (χ3n) is 2.10. The van der Waals surface area contributed by atoms with Crippen LogP contribution in [0.2, 0.25) is 0 Å². The van der Waals surface area contributed by atoms with Crippen molar-refractivity contribution in [2.45, 2.75) is 12.8 Å². The molecule has 1 atom stereocenters. The summed E-state index contributed by atoms with van der Waals surface area (Å²) < 4.78 is 5.01. The Bertz CT molecular complexity index is 287. The van der Waals surface area contributed by atoms with Gasteiger partial charge in [-0.25, -0.2) is 0 Å². The molecule has 13 heavy (non-hydrogen) atoms. The van der Waals surface area contributed by atoms with E-state index in [1.54, 1.807) is 7.11 Å². The highest BCUT2D eigenvalue weighted by molar-refractivity contribution is 5.31. The molecule has 0 spiro atoms. The summed E-state index contributed by atoms with van der Waals surface area (Å²) in [5.74, 6) is 0.600. The van der Waals surface area contributed by atoms with Gasteiger partial charge in [0.05, 0.1) is 7.11 Å².